The predicted octanol–water partition coefficient (Wildman–Crippen LogP) is 1.14. The van der Waals surface area contributed by atoms with Crippen molar-refractivity contribution in [2.24, 2.45) is 11.7 Å². The molecule has 1 aromatic carbocycles. The third-order valence-electron chi connectivity index (χ3n) is 3.93. The van der Waals surface area contributed by atoms with Gasteiger partial charge in [-0.2, -0.15) is 0 Å². The highest BCUT2D eigenvalue weighted by Gasteiger charge is 2.49. The van der Waals surface area contributed by atoms with Gasteiger partial charge in [0.2, 0.25) is 5.91 Å². The second-order valence-electron chi connectivity index (χ2n) is 5.38. The van der Waals surface area contributed by atoms with Crippen LogP contribution < -0.4 is 15.8 Å². The minimum atomic E-state index is -0.975. The molecule has 1 unspecified atom stereocenters. The Labute approximate surface area is 122 Å². The summed E-state index contributed by atoms with van der Waals surface area (Å²) in [5.74, 6) is -0.229. The van der Waals surface area contributed by atoms with Crippen molar-refractivity contribution in [3.8, 4) is 5.75 Å². The highest BCUT2D eigenvalue weighted by atomic mass is 16.6. The van der Waals surface area contributed by atoms with E-state index >= 15 is 0 Å². The maximum atomic E-state index is 11.8. The van der Waals surface area contributed by atoms with Crippen LogP contribution in [0.4, 0.5) is 5.69 Å². The normalized spacial score (nSPS) is 17.0. The molecular weight excluding hydrogens is 274 g/mol. The minimum Gasteiger partial charge on any atom is -0.484 e. The van der Waals surface area contributed by atoms with Gasteiger partial charge in [-0.05, 0) is 44.4 Å². The first kappa shape index (κ1) is 15.2. The molecule has 0 aromatic heterocycles. The molecule has 7 heteroatoms. The summed E-state index contributed by atoms with van der Waals surface area (Å²) >= 11 is 0. The molecule has 2 rings (SSSR count). The van der Waals surface area contributed by atoms with Gasteiger partial charge in [-0.25, -0.2) is 0 Å². The second-order valence-corrected chi connectivity index (χ2v) is 5.38. The summed E-state index contributed by atoms with van der Waals surface area (Å²) in [5, 5.41) is 14.0. The molecule has 1 amide bonds. The molecule has 0 radical (unpaired) electrons. The van der Waals surface area contributed by atoms with Gasteiger partial charge in [0.05, 0.1) is 4.92 Å². The number of nitrogens with one attached hydrogen (secondary N) is 1. The van der Waals surface area contributed by atoms with Crippen LogP contribution in [0, 0.1) is 23.0 Å². The number of carbonyl (C=O) groups excluding carboxylic acids is 1. The Morgan fingerprint density at radius 3 is 2.71 bits per heavy atom. The molecule has 3 N–H and O–H groups in total. The molecular formula is C14H19N3O4. The molecule has 1 saturated carbocycles. The van der Waals surface area contributed by atoms with Gasteiger partial charge in [-0.3, -0.25) is 14.9 Å². The molecule has 0 saturated heterocycles. The maximum absolute atomic E-state index is 11.8. The fourth-order valence-electron chi connectivity index (χ4n) is 2.45. The first-order valence-corrected chi connectivity index (χ1v) is 6.77. The number of hydrogen-bond donors (Lipinski definition) is 2. The van der Waals surface area contributed by atoms with Crippen LogP contribution in [-0.4, -0.2) is 30.0 Å². The van der Waals surface area contributed by atoms with Gasteiger partial charge in [0, 0.05) is 6.07 Å². The van der Waals surface area contributed by atoms with E-state index < -0.39 is 16.4 Å². The number of ether oxygens (including phenoxy) is 1. The summed E-state index contributed by atoms with van der Waals surface area (Å²) in [5.41, 5.74) is 5.25. The number of amides is 1. The Hall–Kier alpha value is -2.15. The van der Waals surface area contributed by atoms with E-state index in [1.807, 2.05) is 6.92 Å². The van der Waals surface area contributed by atoms with E-state index in [4.69, 9.17) is 10.5 Å². The van der Waals surface area contributed by atoms with Crippen LogP contribution in [0.15, 0.2) is 18.2 Å². The lowest BCUT2D eigenvalue weighted by molar-refractivity contribution is -0.385. The van der Waals surface area contributed by atoms with Gasteiger partial charge in [-0.15, -0.1) is 0 Å². The Morgan fingerprint density at radius 2 is 2.24 bits per heavy atom. The fourth-order valence-corrected chi connectivity index (χ4v) is 2.45. The number of likely N-dealkylation sites (N-methyl/N-ethyl adjacent to an activating group) is 1. The number of benzene rings is 1. The first-order chi connectivity index (χ1) is 9.90. The van der Waals surface area contributed by atoms with Crippen LogP contribution in [-0.2, 0) is 4.79 Å². The summed E-state index contributed by atoms with van der Waals surface area (Å²) in [4.78, 5) is 22.3. The summed E-state index contributed by atoms with van der Waals surface area (Å²) < 4.78 is 5.59. The molecule has 7 nitrogen and oxygen atoms in total. The number of nitro groups is 1. The number of rotatable bonds is 7. The Bertz CT molecular complexity index is 571. The number of primary amides is 1. The zero-order chi connectivity index (χ0) is 15.6. The van der Waals surface area contributed by atoms with Crippen molar-refractivity contribution in [2.75, 3.05) is 13.7 Å². The van der Waals surface area contributed by atoms with Crippen LogP contribution in [0.5, 0.6) is 5.75 Å². The summed E-state index contributed by atoms with van der Waals surface area (Å²) in [7, 11) is 1.65. The molecule has 1 aliphatic rings. The number of hydrogen-bond acceptors (Lipinski definition) is 5. The molecule has 0 aliphatic heterocycles. The fraction of sp³-hybridized carbons (Fsp3) is 0.500. The van der Waals surface area contributed by atoms with E-state index in [0.29, 0.717) is 0 Å². The van der Waals surface area contributed by atoms with Gasteiger partial charge in [-0.1, -0.05) is 6.07 Å². The molecule has 1 aromatic rings. The molecule has 0 heterocycles. The maximum Gasteiger partial charge on any atom is 0.310 e. The molecule has 0 spiro atoms. The number of carbonyl (C=O) groups is 1. The number of aryl methyl sites for hydroxylation is 1. The van der Waals surface area contributed by atoms with Crippen molar-refractivity contribution < 1.29 is 14.5 Å². The molecule has 0 bridgehead atoms. The Balaban J connectivity index is 2.23. The minimum absolute atomic E-state index is 0.0200. The summed E-state index contributed by atoms with van der Waals surface area (Å²) in [6.07, 6.45) is 1.78. The third-order valence-corrected chi connectivity index (χ3v) is 3.93. The predicted molar refractivity (Wildman–Crippen MR) is 77.0 cm³/mol. The van der Waals surface area contributed by atoms with Crippen molar-refractivity contribution in [2.45, 2.75) is 25.3 Å². The van der Waals surface area contributed by atoms with Crippen LogP contribution in [0.3, 0.4) is 0 Å². The van der Waals surface area contributed by atoms with E-state index in [-0.39, 0.29) is 24.0 Å². The lowest BCUT2D eigenvalue weighted by atomic mass is 9.93. The molecule has 1 fully saturated rings. The monoisotopic (exact) mass is 293 g/mol. The zero-order valence-electron chi connectivity index (χ0n) is 12.1. The smallest absolute Gasteiger partial charge is 0.310 e. The zero-order valence-corrected chi connectivity index (χ0v) is 12.1. The van der Waals surface area contributed by atoms with E-state index in [2.05, 4.69) is 5.32 Å². The largest absolute Gasteiger partial charge is 0.484 e. The van der Waals surface area contributed by atoms with Gasteiger partial charge >= 0.3 is 5.69 Å². The number of nitrogens with zero attached hydrogens (tertiary/aromatic N) is 1. The Morgan fingerprint density at radius 1 is 1.57 bits per heavy atom. The SMILES string of the molecule is CNC(COc1cc(C)ccc1[N+](=O)[O-])(C(N)=O)C1CC1. The van der Waals surface area contributed by atoms with Crippen molar-refractivity contribution >= 4 is 11.6 Å². The average molecular weight is 293 g/mol. The van der Waals surface area contributed by atoms with Crippen molar-refractivity contribution in [3.05, 3.63) is 33.9 Å². The van der Waals surface area contributed by atoms with Crippen molar-refractivity contribution in [1.82, 2.24) is 5.32 Å². The molecule has 114 valence electrons. The standard InChI is InChI=1S/C14H19N3O4/c1-9-3-6-11(17(19)20)12(7-9)21-8-14(16-2,13(15)18)10-4-5-10/h3,6-7,10,16H,4-5,8H2,1-2H3,(H2,15,18). The molecule has 1 aliphatic carbocycles. The number of nitro benzene ring substituents is 1. The average Bonchev–Trinajstić information content (AvgIpc) is 3.24. The van der Waals surface area contributed by atoms with Gasteiger partial charge < -0.3 is 15.8 Å². The van der Waals surface area contributed by atoms with Gasteiger partial charge in [0.1, 0.15) is 12.1 Å². The highest BCUT2D eigenvalue weighted by molar-refractivity contribution is 5.85. The van der Waals surface area contributed by atoms with Crippen LogP contribution in [0.2, 0.25) is 0 Å². The van der Waals surface area contributed by atoms with E-state index in [1.54, 1.807) is 19.2 Å². The van der Waals surface area contributed by atoms with E-state index in [1.165, 1.54) is 6.07 Å². The topological polar surface area (TPSA) is 107 Å². The first-order valence-electron chi connectivity index (χ1n) is 6.77. The lowest BCUT2D eigenvalue weighted by Gasteiger charge is -2.30. The van der Waals surface area contributed by atoms with E-state index in [0.717, 1.165) is 18.4 Å². The third kappa shape index (κ3) is 2.97. The van der Waals surface area contributed by atoms with Crippen LogP contribution in [0.1, 0.15) is 18.4 Å². The highest BCUT2D eigenvalue weighted by Crippen LogP contribution is 2.40. The van der Waals surface area contributed by atoms with Gasteiger partial charge in [0.25, 0.3) is 0 Å². The van der Waals surface area contributed by atoms with Gasteiger partial charge in [0.15, 0.2) is 5.75 Å². The lowest BCUT2D eigenvalue weighted by Crippen LogP contribution is -2.59. The quantitative estimate of drug-likeness (QED) is 0.579. The summed E-state index contributed by atoms with van der Waals surface area (Å²) in [6.45, 7) is 1.80. The van der Waals surface area contributed by atoms with Crippen molar-refractivity contribution in [3.63, 3.8) is 0 Å². The number of nitrogens with two attached hydrogens (primary N) is 1. The molecule has 21 heavy (non-hydrogen) atoms. The Kier molecular flexibility index (Phi) is 4.13. The van der Waals surface area contributed by atoms with Crippen LogP contribution >= 0.6 is 0 Å². The summed E-state index contributed by atoms with van der Waals surface area (Å²) in [6, 6.07) is 4.63. The second kappa shape index (κ2) is 5.69. The van der Waals surface area contributed by atoms with Crippen LogP contribution in [0.25, 0.3) is 0 Å². The van der Waals surface area contributed by atoms with E-state index in [9.17, 15) is 14.9 Å². The molecule has 1 atom stereocenters. The van der Waals surface area contributed by atoms with Crippen molar-refractivity contribution in [1.29, 1.82) is 0 Å².